The molecule has 0 aliphatic heterocycles. The molecule has 4 rings (SSSR count). The Labute approximate surface area is 184 Å². The molecule has 0 spiro atoms. The van der Waals surface area contributed by atoms with Gasteiger partial charge in [0.25, 0.3) is 0 Å². The number of hydrogen-bond donors (Lipinski definition) is 2. The first kappa shape index (κ1) is 20.9. The van der Waals surface area contributed by atoms with Crippen molar-refractivity contribution >= 4 is 23.7 Å². The Morgan fingerprint density at radius 1 is 1.03 bits per heavy atom. The number of aryl methyl sites for hydroxylation is 1. The Kier molecular flexibility index (Phi) is 6.18. The van der Waals surface area contributed by atoms with Crippen LogP contribution in [-0.4, -0.2) is 34.8 Å². The van der Waals surface area contributed by atoms with Crippen molar-refractivity contribution in [2.45, 2.75) is 24.8 Å². The van der Waals surface area contributed by atoms with Gasteiger partial charge in [-0.15, -0.1) is 0 Å². The molecule has 158 valence electrons. The van der Waals surface area contributed by atoms with Crippen LogP contribution in [0.2, 0.25) is 5.15 Å². The molecule has 1 aliphatic rings. The van der Waals surface area contributed by atoms with E-state index >= 15 is 0 Å². The zero-order chi connectivity index (χ0) is 21.8. The molecule has 1 amide bonds. The van der Waals surface area contributed by atoms with Crippen LogP contribution in [0.15, 0.2) is 66.9 Å². The van der Waals surface area contributed by atoms with E-state index in [1.165, 1.54) is 0 Å². The van der Waals surface area contributed by atoms with Gasteiger partial charge in [-0.25, -0.2) is 14.6 Å². The van der Waals surface area contributed by atoms with Gasteiger partial charge >= 0.3 is 12.1 Å². The molecular formula is C24H21ClN2O4. The van der Waals surface area contributed by atoms with E-state index in [0.717, 1.165) is 27.8 Å². The largest absolute Gasteiger partial charge is 0.480 e. The van der Waals surface area contributed by atoms with Gasteiger partial charge in [0.15, 0.2) is 0 Å². The molecule has 6 nitrogen and oxygen atoms in total. The maximum Gasteiger partial charge on any atom is 0.407 e. The lowest BCUT2D eigenvalue weighted by Gasteiger charge is -2.17. The number of carboxylic acid groups (broad SMARTS) is 1. The topological polar surface area (TPSA) is 88.5 Å². The maximum atomic E-state index is 12.4. The number of carbonyl (C=O) groups excluding carboxylic acids is 1. The van der Waals surface area contributed by atoms with Crippen LogP contribution >= 0.6 is 11.6 Å². The number of nitrogens with one attached hydrogen (secondary N) is 1. The molecule has 0 saturated heterocycles. The highest BCUT2D eigenvalue weighted by molar-refractivity contribution is 6.29. The second kappa shape index (κ2) is 9.18. The highest BCUT2D eigenvalue weighted by Gasteiger charge is 2.29. The lowest BCUT2D eigenvalue weighted by Crippen LogP contribution is -2.41. The Balaban J connectivity index is 1.38. The monoisotopic (exact) mass is 436 g/mol. The molecule has 1 heterocycles. The minimum atomic E-state index is -1.12. The van der Waals surface area contributed by atoms with Crippen LogP contribution in [0, 0.1) is 0 Å². The zero-order valence-electron chi connectivity index (χ0n) is 16.6. The Hall–Kier alpha value is -3.38. The Bertz CT molecular complexity index is 1060. The third-order valence-electron chi connectivity index (χ3n) is 5.44. The van der Waals surface area contributed by atoms with Crippen molar-refractivity contribution in [2.24, 2.45) is 0 Å². The van der Waals surface area contributed by atoms with Crippen LogP contribution in [0.1, 0.15) is 29.0 Å². The molecule has 0 radical (unpaired) electrons. The number of hydrogen-bond acceptors (Lipinski definition) is 4. The molecule has 0 bridgehead atoms. The summed E-state index contributed by atoms with van der Waals surface area (Å²) in [6.45, 7) is 0.132. The third kappa shape index (κ3) is 4.70. The number of carboxylic acids is 1. The van der Waals surface area contributed by atoms with Crippen molar-refractivity contribution in [3.8, 4) is 11.1 Å². The average Bonchev–Trinajstić information content (AvgIpc) is 3.10. The fraction of sp³-hybridized carbons (Fsp3) is 0.208. The standard InChI is InChI=1S/C24H21ClN2O4/c25-22-12-10-15(13-26-22)9-11-21(23(28)29)27-24(30)31-14-20-18-7-3-1-5-16(18)17-6-2-4-8-19(17)20/h1-8,10,12-13,20-21H,9,11,14H2,(H,27,30)(H,28,29)/t21-/m1/s1. The molecule has 7 heteroatoms. The molecule has 1 aromatic heterocycles. The summed E-state index contributed by atoms with van der Waals surface area (Å²) >= 11 is 5.77. The van der Waals surface area contributed by atoms with Gasteiger partial charge < -0.3 is 15.2 Å². The first-order valence-corrected chi connectivity index (χ1v) is 10.4. The van der Waals surface area contributed by atoms with E-state index in [1.54, 1.807) is 18.3 Å². The summed E-state index contributed by atoms with van der Waals surface area (Å²) in [7, 11) is 0. The summed E-state index contributed by atoms with van der Waals surface area (Å²) in [6, 6.07) is 18.4. The summed E-state index contributed by atoms with van der Waals surface area (Å²) < 4.78 is 5.44. The summed E-state index contributed by atoms with van der Waals surface area (Å²) in [4.78, 5) is 27.9. The number of benzene rings is 2. The number of halogens is 1. The van der Waals surface area contributed by atoms with Gasteiger partial charge in [-0.2, -0.15) is 0 Å². The molecule has 1 aliphatic carbocycles. The summed E-state index contributed by atoms with van der Waals surface area (Å²) in [5.41, 5.74) is 5.30. The van der Waals surface area contributed by atoms with Crippen molar-refractivity contribution in [3.05, 3.63) is 88.7 Å². The average molecular weight is 437 g/mol. The molecule has 0 fully saturated rings. The number of aliphatic carboxylic acids is 1. The summed E-state index contributed by atoms with van der Waals surface area (Å²) in [5, 5.41) is 12.3. The number of pyridine rings is 1. The second-order valence-electron chi connectivity index (χ2n) is 7.39. The molecule has 0 saturated carbocycles. The minimum absolute atomic E-state index is 0.0819. The molecule has 0 unspecified atom stereocenters. The number of rotatable bonds is 7. The van der Waals surface area contributed by atoms with Crippen LogP contribution in [0.4, 0.5) is 4.79 Å². The fourth-order valence-electron chi connectivity index (χ4n) is 3.91. The predicted octanol–water partition coefficient (Wildman–Crippen LogP) is 4.66. The van der Waals surface area contributed by atoms with Crippen LogP contribution in [-0.2, 0) is 16.0 Å². The van der Waals surface area contributed by atoms with Crippen molar-refractivity contribution in [2.75, 3.05) is 6.61 Å². The van der Waals surface area contributed by atoms with Crippen LogP contribution in [0.3, 0.4) is 0 Å². The lowest BCUT2D eigenvalue weighted by atomic mass is 9.98. The number of amides is 1. The Morgan fingerprint density at radius 3 is 2.26 bits per heavy atom. The molecule has 2 N–H and O–H groups in total. The van der Waals surface area contributed by atoms with Gasteiger partial charge in [0.2, 0.25) is 0 Å². The number of nitrogens with zero attached hydrogens (tertiary/aromatic N) is 1. The highest BCUT2D eigenvalue weighted by atomic mass is 35.5. The highest BCUT2D eigenvalue weighted by Crippen LogP contribution is 2.44. The predicted molar refractivity (Wildman–Crippen MR) is 117 cm³/mol. The fourth-order valence-corrected chi connectivity index (χ4v) is 4.02. The number of ether oxygens (including phenoxy) is 1. The van der Waals surface area contributed by atoms with Gasteiger partial charge in [0.1, 0.15) is 17.8 Å². The van der Waals surface area contributed by atoms with E-state index < -0.39 is 18.1 Å². The van der Waals surface area contributed by atoms with E-state index in [9.17, 15) is 14.7 Å². The van der Waals surface area contributed by atoms with Crippen molar-refractivity contribution < 1.29 is 19.4 Å². The number of fused-ring (bicyclic) bond motifs is 3. The summed E-state index contributed by atoms with van der Waals surface area (Å²) in [5.74, 6) is -1.20. The lowest BCUT2D eigenvalue weighted by molar-refractivity contribution is -0.139. The van der Waals surface area contributed by atoms with Crippen molar-refractivity contribution in [3.63, 3.8) is 0 Å². The van der Waals surface area contributed by atoms with E-state index in [2.05, 4.69) is 22.4 Å². The zero-order valence-corrected chi connectivity index (χ0v) is 17.4. The molecule has 1 atom stereocenters. The Morgan fingerprint density at radius 2 is 1.68 bits per heavy atom. The van der Waals surface area contributed by atoms with Crippen LogP contribution in [0.5, 0.6) is 0 Å². The normalized spacial score (nSPS) is 13.2. The number of alkyl carbamates (subject to hydrolysis) is 1. The van der Waals surface area contributed by atoms with E-state index in [0.29, 0.717) is 11.6 Å². The van der Waals surface area contributed by atoms with Gasteiger partial charge in [0.05, 0.1) is 0 Å². The first-order chi connectivity index (χ1) is 15.0. The van der Waals surface area contributed by atoms with E-state index in [-0.39, 0.29) is 18.9 Å². The minimum Gasteiger partial charge on any atom is -0.480 e. The second-order valence-corrected chi connectivity index (χ2v) is 7.78. The van der Waals surface area contributed by atoms with Crippen molar-refractivity contribution in [1.29, 1.82) is 0 Å². The number of aromatic nitrogens is 1. The van der Waals surface area contributed by atoms with E-state index in [4.69, 9.17) is 16.3 Å². The van der Waals surface area contributed by atoms with Gasteiger partial charge in [-0.3, -0.25) is 0 Å². The smallest absolute Gasteiger partial charge is 0.407 e. The molecular weight excluding hydrogens is 416 g/mol. The van der Waals surface area contributed by atoms with Crippen LogP contribution < -0.4 is 5.32 Å². The molecule has 3 aromatic rings. The molecule has 2 aromatic carbocycles. The first-order valence-electron chi connectivity index (χ1n) is 9.97. The SMILES string of the molecule is O=C(N[C@H](CCc1ccc(Cl)nc1)C(=O)O)OCC1c2ccccc2-c2ccccc21. The third-order valence-corrected chi connectivity index (χ3v) is 5.67. The van der Waals surface area contributed by atoms with Gasteiger partial charge in [0, 0.05) is 12.1 Å². The van der Waals surface area contributed by atoms with Crippen LogP contribution in [0.25, 0.3) is 11.1 Å². The molecule has 31 heavy (non-hydrogen) atoms. The quantitative estimate of drug-likeness (QED) is 0.526. The van der Waals surface area contributed by atoms with Crippen molar-refractivity contribution in [1.82, 2.24) is 10.3 Å². The number of carbonyl (C=O) groups is 2. The maximum absolute atomic E-state index is 12.4. The summed E-state index contributed by atoms with van der Waals surface area (Å²) in [6.07, 6.45) is 1.49. The van der Waals surface area contributed by atoms with E-state index in [1.807, 2.05) is 36.4 Å². The van der Waals surface area contributed by atoms with Gasteiger partial charge in [-0.1, -0.05) is 66.2 Å². The van der Waals surface area contributed by atoms with Gasteiger partial charge in [-0.05, 0) is 46.7 Å².